The third-order valence-electron chi connectivity index (χ3n) is 5.03. The summed E-state index contributed by atoms with van der Waals surface area (Å²) in [4.78, 5) is 13.0. The largest absolute Gasteiger partial charge is 0.305 e. The molecule has 102 valence electrons. The fourth-order valence-electron chi connectivity index (χ4n) is 3.50. The van der Waals surface area contributed by atoms with Gasteiger partial charge in [-0.3, -0.25) is 4.79 Å². The summed E-state index contributed by atoms with van der Waals surface area (Å²) in [6, 6.07) is 8.28. The number of carbonyl (C=O) groups excluding carboxylic acids is 1. The molecule has 1 aliphatic carbocycles. The van der Waals surface area contributed by atoms with E-state index in [-0.39, 0.29) is 5.54 Å². The van der Waals surface area contributed by atoms with E-state index in [2.05, 4.69) is 24.4 Å². The molecule has 3 rings (SSSR count). The van der Waals surface area contributed by atoms with Crippen LogP contribution in [0, 0.1) is 0 Å². The van der Waals surface area contributed by atoms with Crippen molar-refractivity contribution in [3.05, 3.63) is 35.4 Å². The molecule has 1 heterocycles. The molecule has 1 N–H and O–H groups in total. The van der Waals surface area contributed by atoms with Crippen LogP contribution in [-0.2, 0) is 0 Å². The molecule has 0 spiro atoms. The van der Waals surface area contributed by atoms with Gasteiger partial charge in [0.05, 0.1) is 5.54 Å². The Bertz CT molecular complexity index is 470. The third-order valence-corrected chi connectivity index (χ3v) is 5.03. The molecule has 2 aliphatic rings. The first-order valence-corrected chi connectivity index (χ1v) is 7.65. The van der Waals surface area contributed by atoms with Crippen LogP contribution >= 0.6 is 0 Å². The monoisotopic (exact) mass is 257 g/mol. The summed E-state index contributed by atoms with van der Waals surface area (Å²) in [6.07, 6.45) is 6.80. The summed E-state index contributed by atoms with van der Waals surface area (Å²) < 4.78 is 0. The lowest BCUT2D eigenvalue weighted by molar-refractivity contribution is 0.0861. The summed E-state index contributed by atoms with van der Waals surface area (Å²) in [6.45, 7) is 3.10. The Morgan fingerprint density at radius 1 is 1.32 bits per heavy atom. The van der Waals surface area contributed by atoms with E-state index in [0.29, 0.717) is 11.7 Å². The van der Waals surface area contributed by atoms with Gasteiger partial charge in [0.2, 0.25) is 0 Å². The van der Waals surface area contributed by atoms with E-state index in [9.17, 15) is 4.79 Å². The number of ketones is 1. The third kappa shape index (κ3) is 2.12. The molecule has 1 saturated carbocycles. The van der Waals surface area contributed by atoms with Crippen molar-refractivity contribution in [3.8, 4) is 0 Å². The van der Waals surface area contributed by atoms with Gasteiger partial charge in [-0.15, -0.1) is 0 Å². The highest BCUT2D eigenvalue weighted by atomic mass is 16.1. The van der Waals surface area contributed by atoms with Crippen molar-refractivity contribution in [1.29, 1.82) is 0 Å². The van der Waals surface area contributed by atoms with Gasteiger partial charge >= 0.3 is 0 Å². The summed E-state index contributed by atoms with van der Waals surface area (Å²) in [7, 11) is 0. The Balaban J connectivity index is 1.94. The van der Waals surface area contributed by atoms with Crippen LogP contribution in [0.15, 0.2) is 24.3 Å². The number of Topliss-reactive ketones (excluding diaryl/α,β-unsaturated/α-hetero) is 1. The highest BCUT2D eigenvalue weighted by Crippen LogP contribution is 2.39. The highest BCUT2D eigenvalue weighted by Gasteiger charge is 2.40. The van der Waals surface area contributed by atoms with Crippen molar-refractivity contribution >= 4 is 5.78 Å². The molecule has 2 heteroatoms. The molecule has 1 aliphatic heterocycles. The molecular formula is C17H23NO. The zero-order valence-corrected chi connectivity index (χ0v) is 11.7. The number of hydrogen-bond donors (Lipinski definition) is 1. The summed E-state index contributed by atoms with van der Waals surface area (Å²) in [5.74, 6) is 0.949. The SMILES string of the molecule is CCC1(C(=O)c2ccccc2C2CCC2)CCCN1. The van der Waals surface area contributed by atoms with Crippen LogP contribution in [0.5, 0.6) is 0 Å². The molecule has 1 aromatic carbocycles. The van der Waals surface area contributed by atoms with Crippen LogP contribution in [0.2, 0.25) is 0 Å². The molecule has 19 heavy (non-hydrogen) atoms. The Hall–Kier alpha value is -1.15. The van der Waals surface area contributed by atoms with Crippen LogP contribution in [0.1, 0.15) is 67.3 Å². The van der Waals surface area contributed by atoms with Gasteiger partial charge in [0.1, 0.15) is 0 Å². The van der Waals surface area contributed by atoms with Crippen LogP contribution in [0.3, 0.4) is 0 Å². The molecule has 1 unspecified atom stereocenters. The molecule has 1 atom stereocenters. The van der Waals surface area contributed by atoms with Crippen LogP contribution in [0.25, 0.3) is 0 Å². The van der Waals surface area contributed by atoms with E-state index in [1.54, 1.807) is 0 Å². The second-order valence-corrected chi connectivity index (χ2v) is 6.01. The first-order chi connectivity index (χ1) is 9.27. The zero-order chi connectivity index (χ0) is 13.3. The molecule has 0 aromatic heterocycles. The van der Waals surface area contributed by atoms with Crippen LogP contribution in [-0.4, -0.2) is 17.9 Å². The number of benzene rings is 1. The second-order valence-electron chi connectivity index (χ2n) is 6.01. The van der Waals surface area contributed by atoms with Gasteiger partial charge in [0, 0.05) is 5.56 Å². The van der Waals surface area contributed by atoms with E-state index in [1.807, 2.05) is 12.1 Å². The predicted molar refractivity (Wildman–Crippen MR) is 77.6 cm³/mol. The average molecular weight is 257 g/mol. The van der Waals surface area contributed by atoms with Crippen molar-refractivity contribution in [3.63, 3.8) is 0 Å². The van der Waals surface area contributed by atoms with Crippen molar-refractivity contribution < 1.29 is 4.79 Å². The van der Waals surface area contributed by atoms with Crippen molar-refractivity contribution in [2.24, 2.45) is 0 Å². The topological polar surface area (TPSA) is 29.1 Å². The molecule has 1 saturated heterocycles. The van der Waals surface area contributed by atoms with E-state index < -0.39 is 0 Å². The van der Waals surface area contributed by atoms with E-state index in [1.165, 1.54) is 24.8 Å². The second kappa shape index (κ2) is 5.09. The van der Waals surface area contributed by atoms with Gasteiger partial charge in [0.15, 0.2) is 5.78 Å². The maximum Gasteiger partial charge on any atom is 0.183 e. The van der Waals surface area contributed by atoms with E-state index in [0.717, 1.165) is 31.4 Å². The van der Waals surface area contributed by atoms with Gasteiger partial charge in [-0.05, 0) is 50.1 Å². The Labute approximate surface area is 115 Å². The smallest absolute Gasteiger partial charge is 0.183 e. The molecule has 0 bridgehead atoms. The van der Waals surface area contributed by atoms with Gasteiger partial charge in [0.25, 0.3) is 0 Å². The van der Waals surface area contributed by atoms with Crippen LogP contribution in [0.4, 0.5) is 0 Å². The maximum atomic E-state index is 13.0. The summed E-state index contributed by atoms with van der Waals surface area (Å²) in [5, 5.41) is 3.47. The first kappa shape index (κ1) is 12.9. The standard InChI is InChI=1S/C17H23NO/c1-2-17(11-6-12-18-17)16(19)15-10-4-3-9-14(15)13-7-5-8-13/h3-4,9-10,13,18H,2,5-8,11-12H2,1H3. The molecule has 2 nitrogen and oxygen atoms in total. The van der Waals surface area contributed by atoms with Gasteiger partial charge < -0.3 is 5.32 Å². The number of carbonyl (C=O) groups is 1. The highest BCUT2D eigenvalue weighted by molar-refractivity contribution is 6.04. The lowest BCUT2D eigenvalue weighted by Crippen LogP contribution is -2.47. The quantitative estimate of drug-likeness (QED) is 0.834. The normalized spacial score (nSPS) is 27.2. The zero-order valence-electron chi connectivity index (χ0n) is 11.7. The minimum absolute atomic E-state index is 0.292. The maximum absolute atomic E-state index is 13.0. The number of hydrogen-bond acceptors (Lipinski definition) is 2. The predicted octanol–water partition coefficient (Wildman–Crippen LogP) is 3.67. The van der Waals surface area contributed by atoms with E-state index in [4.69, 9.17) is 0 Å². The lowest BCUT2D eigenvalue weighted by Gasteiger charge is -2.31. The fraction of sp³-hybridized carbons (Fsp3) is 0.588. The van der Waals surface area contributed by atoms with Crippen molar-refractivity contribution in [1.82, 2.24) is 5.32 Å². The van der Waals surface area contributed by atoms with E-state index >= 15 is 0 Å². The fourth-order valence-corrected chi connectivity index (χ4v) is 3.50. The van der Waals surface area contributed by atoms with Crippen molar-refractivity contribution in [2.75, 3.05) is 6.54 Å². The van der Waals surface area contributed by atoms with Gasteiger partial charge in [-0.1, -0.05) is 37.6 Å². The summed E-state index contributed by atoms with van der Waals surface area (Å²) in [5.41, 5.74) is 1.98. The van der Waals surface area contributed by atoms with Crippen molar-refractivity contribution in [2.45, 2.75) is 56.9 Å². The summed E-state index contributed by atoms with van der Waals surface area (Å²) >= 11 is 0. The van der Waals surface area contributed by atoms with Gasteiger partial charge in [-0.25, -0.2) is 0 Å². The Morgan fingerprint density at radius 2 is 2.11 bits per heavy atom. The molecule has 1 aromatic rings. The first-order valence-electron chi connectivity index (χ1n) is 7.65. The Morgan fingerprint density at radius 3 is 2.68 bits per heavy atom. The molecule has 0 amide bonds. The molecule has 2 fully saturated rings. The minimum atomic E-state index is -0.292. The average Bonchev–Trinajstić information content (AvgIpc) is 2.86. The number of nitrogens with one attached hydrogen (secondary N) is 1. The lowest BCUT2D eigenvalue weighted by atomic mass is 9.75. The molecule has 0 radical (unpaired) electrons. The minimum Gasteiger partial charge on any atom is -0.305 e. The molecular weight excluding hydrogens is 234 g/mol. The Kier molecular flexibility index (Phi) is 3.44. The number of rotatable bonds is 4. The van der Waals surface area contributed by atoms with Gasteiger partial charge in [-0.2, -0.15) is 0 Å². The van der Waals surface area contributed by atoms with Crippen LogP contribution < -0.4 is 5.32 Å².